The summed E-state index contributed by atoms with van der Waals surface area (Å²) in [4.78, 5) is 11.2. The summed E-state index contributed by atoms with van der Waals surface area (Å²) >= 11 is 0. The van der Waals surface area contributed by atoms with E-state index in [0.29, 0.717) is 6.04 Å². The number of hydrazine groups is 1. The first-order chi connectivity index (χ1) is 9.81. The van der Waals surface area contributed by atoms with Crippen LogP contribution >= 0.6 is 0 Å². The molecule has 0 spiro atoms. The molecule has 1 saturated heterocycles. The van der Waals surface area contributed by atoms with Crippen LogP contribution in [0.5, 0.6) is 0 Å². The van der Waals surface area contributed by atoms with Gasteiger partial charge in [0.15, 0.2) is 0 Å². The van der Waals surface area contributed by atoms with Crippen LogP contribution in [0.1, 0.15) is 38.2 Å². The Labute approximate surface area is 120 Å². The fourth-order valence-electron chi connectivity index (χ4n) is 3.02. The molecule has 6 heteroatoms. The van der Waals surface area contributed by atoms with E-state index in [4.69, 9.17) is 5.84 Å². The molecule has 1 saturated carbocycles. The van der Waals surface area contributed by atoms with E-state index in [9.17, 15) is 0 Å². The smallest absolute Gasteiger partial charge is 0.148 e. The SMILES string of the molecule is CCCc1c(NN)ncnc1NC1CCN(C2CC2)C1. The van der Waals surface area contributed by atoms with Crippen LogP contribution in [0.2, 0.25) is 0 Å². The summed E-state index contributed by atoms with van der Waals surface area (Å²) in [5, 5.41) is 3.59. The first-order valence-electron chi connectivity index (χ1n) is 7.63. The van der Waals surface area contributed by atoms with Crippen LogP contribution in [-0.4, -0.2) is 40.0 Å². The minimum atomic E-state index is 0.492. The second kappa shape index (κ2) is 5.93. The summed E-state index contributed by atoms with van der Waals surface area (Å²) in [6, 6.07) is 1.34. The molecule has 2 fully saturated rings. The summed E-state index contributed by atoms with van der Waals surface area (Å²) < 4.78 is 0. The number of anilines is 2. The Morgan fingerprint density at radius 3 is 2.80 bits per heavy atom. The first kappa shape index (κ1) is 13.6. The predicted octanol–water partition coefficient (Wildman–Crippen LogP) is 1.36. The highest BCUT2D eigenvalue weighted by Gasteiger charge is 2.34. The van der Waals surface area contributed by atoms with Gasteiger partial charge in [0.2, 0.25) is 0 Å². The van der Waals surface area contributed by atoms with Gasteiger partial charge in [-0.2, -0.15) is 0 Å². The van der Waals surface area contributed by atoms with Crippen molar-refractivity contribution in [2.45, 2.75) is 51.1 Å². The van der Waals surface area contributed by atoms with E-state index in [0.717, 1.165) is 42.6 Å². The van der Waals surface area contributed by atoms with Crippen LogP contribution in [-0.2, 0) is 6.42 Å². The molecule has 1 aromatic heterocycles. The number of hydrogen-bond acceptors (Lipinski definition) is 6. The minimum Gasteiger partial charge on any atom is -0.366 e. The lowest BCUT2D eigenvalue weighted by Gasteiger charge is -2.19. The van der Waals surface area contributed by atoms with Gasteiger partial charge in [0.25, 0.3) is 0 Å². The molecule has 1 aliphatic carbocycles. The van der Waals surface area contributed by atoms with Crippen molar-refractivity contribution in [1.29, 1.82) is 0 Å². The number of hydrogen-bond donors (Lipinski definition) is 3. The van der Waals surface area contributed by atoms with E-state index in [1.54, 1.807) is 6.33 Å². The minimum absolute atomic E-state index is 0.492. The topological polar surface area (TPSA) is 79.1 Å². The summed E-state index contributed by atoms with van der Waals surface area (Å²) in [6.45, 7) is 4.49. The quantitative estimate of drug-likeness (QED) is 0.538. The molecule has 20 heavy (non-hydrogen) atoms. The average molecular weight is 276 g/mol. The molecule has 0 aromatic carbocycles. The molecule has 4 N–H and O–H groups in total. The Bertz CT molecular complexity index is 459. The van der Waals surface area contributed by atoms with Crippen molar-refractivity contribution in [3.8, 4) is 0 Å². The molecule has 110 valence electrons. The molecule has 2 aliphatic rings. The predicted molar refractivity (Wildman–Crippen MR) is 80.5 cm³/mol. The summed E-state index contributed by atoms with van der Waals surface area (Å²) in [5.41, 5.74) is 3.78. The van der Waals surface area contributed by atoms with Gasteiger partial charge >= 0.3 is 0 Å². The van der Waals surface area contributed by atoms with Crippen molar-refractivity contribution in [2.75, 3.05) is 23.8 Å². The van der Waals surface area contributed by atoms with Gasteiger partial charge in [0.1, 0.15) is 18.0 Å². The van der Waals surface area contributed by atoms with Gasteiger partial charge in [0.05, 0.1) is 0 Å². The van der Waals surface area contributed by atoms with E-state index in [-0.39, 0.29) is 0 Å². The number of aromatic nitrogens is 2. The zero-order valence-corrected chi connectivity index (χ0v) is 12.1. The lowest BCUT2D eigenvalue weighted by Crippen LogP contribution is -2.28. The number of nitrogens with two attached hydrogens (primary N) is 1. The molecule has 1 unspecified atom stereocenters. The van der Waals surface area contributed by atoms with Gasteiger partial charge in [-0.15, -0.1) is 0 Å². The van der Waals surface area contributed by atoms with Gasteiger partial charge in [-0.05, 0) is 25.7 Å². The summed E-state index contributed by atoms with van der Waals surface area (Å²) in [5.74, 6) is 7.23. The average Bonchev–Trinajstić information content (AvgIpc) is 3.21. The zero-order valence-electron chi connectivity index (χ0n) is 12.1. The Morgan fingerprint density at radius 2 is 2.10 bits per heavy atom. The maximum Gasteiger partial charge on any atom is 0.148 e. The van der Waals surface area contributed by atoms with E-state index < -0.39 is 0 Å². The molecule has 6 nitrogen and oxygen atoms in total. The largest absolute Gasteiger partial charge is 0.366 e. The zero-order chi connectivity index (χ0) is 13.9. The van der Waals surface area contributed by atoms with Gasteiger partial charge in [-0.25, -0.2) is 15.8 Å². The van der Waals surface area contributed by atoms with Crippen LogP contribution in [0.4, 0.5) is 11.6 Å². The lowest BCUT2D eigenvalue weighted by atomic mass is 10.1. The third-order valence-corrected chi connectivity index (χ3v) is 4.21. The molecule has 3 rings (SSSR count). The maximum atomic E-state index is 5.55. The van der Waals surface area contributed by atoms with Crippen molar-refractivity contribution >= 4 is 11.6 Å². The normalized spacial score (nSPS) is 23.0. The van der Waals surface area contributed by atoms with Gasteiger partial charge in [-0.3, -0.25) is 4.90 Å². The lowest BCUT2D eigenvalue weighted by molar-refractivity contribution is 0.326. The Hall–Kier alpha value is -1.40. The van der Waals surface area contributed by atoms with Crippen LogP contribution < -0.4 is 16.6 Å². The van der Waals surface area contributed by atoms with Crippen LogP contribution in [0.25, 0.3) is 0 Å². The highest BCUT2D eigenvalue weighted by atomic mass is 15.3. The summed E-state index contributed by atoms with van der Waals surface area (Å²) in [7, 11) is 0. The molecule has 0 amide bonds. The highest BCUT2D eigenvalue weighted by Crippen LogP contribution is 2.31. The fraction of sp³-hybridized carbons (Fsp3) is 0.714. The summed E-state index contributed by atoms with van der Waals surface area (Å²) in [6.07, 6.45) is 7.50. The molecule has 0 bridgehead atoms. The molecular weight excluding hydrogens is 252 g/mol. The van der Waals surface area contributed by atoms with Crippen molar-refractivity contribution < 1.29 is 0 Å². The number of rotatable bonds is 6. The van der Waals surface area contributed by atoms with Gasteiger partial charge in [0, 0.05) is 30.7 Å². The molecule has 1 aromatic rings. The Kier molecular flexibility index (Phi) is 4.03. The van der Waals surface area contributed by atoms with Crippen LogP contribution in [0, 0.1) is 0 Å². The Balaban J connectivity index is 1.69. The molecule has 0 radical (unpaired) electrons. The third-order valence-electron chi connectivity index (χ3n) is 4.21. The monoisotopic (exact) mass is 276 g/mol. The van der Waals surface area contributed by atoms with E-state index in [1.165, 1.54) is 25.8 Å². The van der Waals surface area contributed by atoms with Crippen molar-refractivity contribution in [3.63, 3.8) is 0 Å². The fourth-order valence-corrected chi connectivity index (χ4v) is 3.02. The molecule has 2 heterocycles. The van der Waals surface area contributed by atoms with Crippen molar-refractivity contribution in [2.24, 2.45) is 5.84 Å². The highest BCUT2D eigenvalue weighted by molar-refractivity contribution is 5.57. The van der Waals surface area contributed by atoms with Crippen molar-refractivity contribution in [3.05, 3.63) is 11.9 Å². The van der Waals surface area contributed by atoms with E-state index >= 15 is 0 Å². The first-order valence-corrected chi connectivity index (χ1v) is 7.63. The third kappa shape index (κ3) is 2.86. The standard InChI is InChI=1S/C14H24N6/c1-2-3-12-13(16-9-17-14(12)19-15)18-10-6-7-20(8-10)11-4-5-11/h9-11H,2-8,15H2,1H3,(H2,16,17,18,19). The van der Waals surface area contributed by atoms with E-state index in [1.807, 2.05) is 0 Å². The molecule has 1 aliphatic heterocycles. The van der Waals surface area contributed by atoms with Gasteiger partial charge in [-0.1, -0.05) is 13.3 Å². The Morgan fingerprint density at radius 1 is 1.30 bits per heavy atom. The second-order valence-corrected chi connectivity index (χ2v) is 5.80. The number of nitrogens with zero attached hydrogens (tertiary/aromatic N) is 3. The van der Waals surface area contributed by atoms with Gasteiger partial charge < -0.3 is 10.7 Å². The number of likely N-dealkylation sites (tertiary alicyclic amines) is 1. The van der Waals surface area contributed by atoms with Crippen LogP contribution in [0.15, 0.2) is 6.33 Å². The van der Waals surface area contributed by atoms with E-state index in [2.05, 4.69) is 32.5 Å². The second-order valence-electron chi connectivity index (χ2n) is 5.80. The number of nitrogen functional groups attached to an aromatic ring is 1. The molecular formula is C14H24N6. The van der Waals surface area contributed by atoms with Crippen LogP contribution in [0.3, 0.4) is 0 Å². The van der Waals surface area contributed by atoms with Crippen molar-refractivity contribution in [1.82, 2.24) is 14.9 Å². The maximum absolute atomic E-state index is 5.55. The molecule has 1 atom stereocenters. The number of nitrogens with one attached hydrogen (secondary N) is 2.